The molecule has 0 saturated heterocycles. The van der Waals surface area contributed by atoms with Crippen LogP contribution in [0.3, 0.4) is 0 Å². The first-order valence-electron chi connectivity index (χ1n) is 9.28. The monoisotopic (exact) mass is 391 g/mol. The summed E-state index contributed by atoms with van der Waals surface area (Å²) < 4.78 is 0. The van der Waals surface area contributed by atoms with Gasteiger partial charge in [-0.15, -0.1) is 0 Å². The van der Waals surface area contributed by atoms with E-state index in [4.69, 9.17) is 0 Å². The molecule has 0 fully saturated rings. The van der Waals surface area contributed by atoms with E-state index in [1.807, 2.05) is 63.4 Å². The van der Waals surface area contributed by atoms with Crippen molar-refractivity contribution in [2.45, 2.75) is 16.0 Å². The van der Waals surface area contributed by atoms with Crippen LogP contribution in [0.2, 0.25) is 0 Å². The molecule has 28 heavy (non-hydrogen) atoms. The number of hydrogen-bond acceptors (Lipinski definition) is 5. The van der Waals surface area contributed by atoms with Crippen molar-refractivity contribution in [3.05, 3.63) is 72.3 Å². The fraction of sp³-hybridized carbons (Fsp3) is 0.217. The second-order valence-electron chi connectivity index (χ2n) is 7.35. The van der Waals surface area contributed by atoms with Crippen LogP contribution in [0.4, 0.5) is 22.7 Å². The van der Waals surface area contributed by atoms with Gasteiger partial charge in [0.2, 0.25) is 0 Å². The molecule has 0 bridgehead atoms. The van der Waals surface area contributed by atoms with Crippen molar-refractivity contribution in [2.24, 2.45) is 0 Å². The lowest BCUT2D eigenvalue weighted by Gasteiger charge is -2.37. The Morgan fingerprint density at radius 2 is 1.25 bits per heavy atom. The number of aliphatic hydroxyl groups is 1. The molecule has 0 aliphatic carbocycles. The topological polar surface area (TPSA) is 30.0 Å². The Morgan fingerprint density at radius 3 is 1.71 bits per heavy atom. The van der Waals surface area contributed by atoms with Gasteiger partial charge in [-0.3, -0.25) is 0 Å². The average Bonchev–Trinajstić information content (AvgIpc) is 2.71. The molecule has 4 rings (SSSR count). The summed E-state index contributed by atoms with van der Waals surface area (Å²) in [7, 11) is 8.18. The second kappa shape index (κ2) is 7.41. The number of aliphatic hydroxyl groups excluding tert-OH is 1. The standard InChI is InChI=1S/C23H25N3OS/c1-24(2)17-10-12-19-21(14-17)28-22-15-18(25(3)4)11-13-20(22)26(19)23(27)16-8-6-5-7-9-16/h5-15,23,27H,1-4H3. The van der Waals surface area contributed by atoms with Crippen LogP contribution in [0, 0.1) is 0 Å². The van der Waals surface area contributed by atoms with Gasteiger partial charge >= 0.3 is 0 Å². The van der Waals surface area contributed by atoms with Crippen molar-refractivity contribution < 1.29 is 5.11 Å². The summed E-state index contributed by atoms with van der Waals surface area (Å²) in [6, 6.07) is 22.6. The van der Waals surface area contributed by atoms with Gasteiger partial charge in [0.25, 0.3) is 0 Å². The average molecular weight is 392 g/mol. The molecule has 0 radical (unpaired) electrons. The number of nitrogens with zero attached hydrogens (tertiary/aromatic N) is 3. The molecule has 0 aromatic heterocycles. The Bertz CT molecular complexity index is 931. The number of benzene rings is 3. The highest BCUT2D eigenvalue weighted by atomic mass is 32.2. The number of anilines is 4. The molecule has 1 atom stereocenters. The first kappa shape index (κ1) is 18.7. The first-order valence-corrected chi connectivity index (χ1v) is 10.1. The van der Waals surface area contributed by atoms with Gasteiger partial charge < -0.3 is 19.8 Å². The predicted octanol–water partition coefficient (Wildman–Crippen LogP) is 5.11. The molecule has 1 N–H and O–H groups in total. The predicted molar refractivity (Wildman–Crippen MR) is 119 cm³/mol. The Morgan fingerprint density at radius 1 is 0.750 bits per heavy atom. The van der Waals surface area contributed by atoms with Gasteiger partial charge in [0, 0.05) is 54.9 Å². The van der Waals surface area contributed by atoms with Crippen LogP contribution in [0.25, 0.3) is 0 Å². The van der Waals surface area contributed by atoms with Crippen LogP contribution in [-0.2, 0) is 0 Å². The van der Waals surface area contributed by atoms with E-state index in [1.165, 1.54) is 0 Å². The van der Waals surface area contributed by atoms with Gasteiger partial charge in [0.15, 0.2) is 6.23 Å². The largest absolute Gasteiger partial charge is 0.378 e. The van der Waals surface area contributed by atoms with Crippen LogP contribution in [0.5, 0.6) is 0 Å². The molecule has 4 nitrogen and oxygen atoms in total. The highest BCUT2D eigenvalue weighted by Gasteiger charge is 2.29. The fourth-order valence-corrected chi connectivity index (χ4v) is 4.55. The summed E-state index contributed by atoms with van der Waals surface area (Å²) in [5, 5.41) is 11.3. The van der Waals surface area contributed by atoms with Gasteiger partial charge in [0.05, 0.1) is 11.4 Å². The van der Waals surface area contributed by atoms with E-state index in [9.17, 15) is 5.11 Å². The van der Waals surface area contributed by atoms with E-state index in [1.54, 1.807) is 11.8 Å². The zero-order chi connectivity index (χ0) is 19.8. The summed E-state index contributed by atoms with van der Waals surface area (Å²) in [5.41, 5.74) is 5.22. The van der Waals surface area contributed by atoms with Gasteiger partial charge in [-0.1, -0.05) is 42.1 Å². The van der Waals surface area contributed by atoms with Gasteiger partial charge in [0.1, 0.15) is 0 Å². The third kappa shape index (κ3) is 3.32. The molecule has 0 amide bonds. The molecule has 1 aliphatic heterocycles. The molecule has 5 heteroatoms. The summed E-state index contributed by atoms with van der Waals surface area (Å²) >= 11 is 1.76. The number of hydrogen-bond donors (Lipinski definition) is 1. The molecular weight excluding hydrogens is 366 g/mol. The van der Waals surface area contributed by atoms with E-state index in [0.717, 1.165) is 38.1 Å². The highest BCUT2D eigenvalue weighted by Crippen LogP contribution is 2.52. The maximum absolute atomic E-state index is 11.3. The maximum atomic E-state index is 11.3. The smallest absolute Gasteiger partial charge is 0.157 e. The Hall–Kier alpha value is -2.63. The van der Waals surface area contributed by atoms with Crippen molar-refractivity contribution in [3.8, 4) is 0 Å². The Labute approximate surface area is 171 Å². The van der Waals surface area contributed by atoms with Crippen molar-refractivity contribution in [2.75, 3.05) is 42.9 Å². The zero-order valence-electron chi connectivity index (χ0n) is 16.6. The van der Waals surface area contributed by atoms with Crippen molar-refractivity contribution >= 4 is 34.5 Å². The Kier molecular flexibility index (Phi) is 4.96. The molecule has 1 aliphatic rings. The first-order chi connectivity index (χ1) is 13.5. The van der Waals surface area contributed by atoms with Crippen LogP contribution in [0.1, 0.15) is 11.8 Å². The fourth-order valence-electron chi connectivity index (χ4n) is 3.41. The molecule has 0 saturated carbocycles. The summed E-state index contributed by atoms with van der Waals surface area (Å²) in [6.45, 7) is 0. The molecule has 144 valence electrons. The van der Waals surface area contributed by atoms with E-state index in [2.05, 4.69) is 46.2 Å². The molecule has 0 spiro atoms. The van der Waals surface area contributed by atoms with Crippen LogP contribution in [-0.4, -0.2) is 33.3 Å². The number of fused-ring (bicyclic) bond motifs is 2. The highest BCUT2D eigenvalue weighted by molar-refractivity contribution is 7.99. The van der Waals surface area contributed by atoms with E-state index in [-0.39, 0.29) is 0 Å². The SMILES string of the molecule is CN(C)c1ccc2c(c1)Sc1cc(N(C)C)ccc1N2C(O)c1ccccc1. The minimum Gasteiger partial charge on any atom is -0.378 e. The van der Waals surface area contributed by atoms with Gasteiger partial charge in [-0.2, -0.15) is 0 Å². The van der Waals surface area contributed by atoms with Crippen LogP contribution in [0.15, 0.2) is 76.5 Å². The van der Waals surface area contributed by atoms with Crippen LogP contribution < -0.4 is 14.7 Å². The summed E-state index contributed by atoms with van der Waals surface area (Å²) in [4.78, 5) is 8.53. The van der Waals surface area contributed by atoms with E-state index < -0.39 is 6.23 Å². The van der Waals surface area contributed by atoms with Crippen LogP contribution >= 0.6 is 11.8 Å². The number of rotatable bonds is 4. The second-order valence-corrected chi connectivity index (χ2v) is 8.43. The molecule has 1 heterocycles. The lowest BCUT2D eigenvalue weighted by atomic mass is 10.1. The molecule has 3 aromatic rings. The quantitative estimate of drug-likeness (QED) is 0.667. The molecular formula is C23H25N3OS. The minimum atomic E-state index is -0.755. The van der Waals surface area contributed by atoms with Gasteiger partial charge in [-0.05, 0) is 36.4 Å². The normalized spacial score (nSPS) is 13.5. The van der Waals surface area contributed by atoms with E-state index in [0.29, 0.717) is 0 Å². The summed E-state index contributed by atoms with van der Waals surface area (Å²) in [6.07, 6.45) is -0.755. The van der Waals surface area contributed by atoms with Crippen molar-refractivity contribution in [3.63, 3.8) is 0 Å². The van der Waals surface area contributed by atoms with Crippen molar-refractivity contribution in [1.29, 1.82) is 0 Å². The lowest BCUT2D eigenvalue weighted by molar-refractivity contribution is 0.183. The zero-order valence-corrected chi connectivity index (χ0v) is 17.4. The summed E-state index contributed by atoms with van der Waals surface area (Å²) in [5.74, 6) is 0. The third-order valence-electron chi connectivity index (χ3n) is 5.00. The Balaban J connectivity index is 1.87. The molecule has 3 aromatic carbocycles. The van der Waals surface area contributed by atoms with E-state index >= 15 is 0 Å². The van der Waals surface area contributed by atoms with Crippen molar-refractivity contribution in [1.82, 2.24) is 0 Å². The lowest BCUT2D eigenvalue weighted by Crippen LogP contribution is -2.26. The van der Waals surface area contributed by atoms with Gasteiger partial charge in [-0.25, -0.2) is 0 Å². The third-order valence-corrected chi connectivity index (χ3v) is 6.09. The molecule has 1 unspecified atom stereocenters. The maximum Gasteiger partial charge on any atom is 0.157 e. The minimum absolute atomic E-state index is 0.755.